The van der Waals surface area contributed by atoms with Gasteiger partial charge in [0, 0.05) is 38.9 Å². The molecule has 1 aliphatic rings. The molecule has 0 saturated carbocycles. The third kappa shape index (κ3) is 4.56. The van der Waals surface area contributed by atoms with Crippen molar-refractivity contribution in [1.82, 2.24) is 14.2 Å². The molecule has 1 saturated heterocycles. The van der Waals surface area contributed by atoms with E-state index < -0.39 is 10.0 Å². The minimum Gasteiger partial charge on any atom is -0.370 e. The molecule has 1 N–H and O–H groups in total. The fourth-order valence-corrected chi connectivity index (χ4v) is 4.16. The Bertz CT molecular complexity index is 770. The molecule has 0 spiro atoms. The molecule has 0 amide bonds. The number of likely N-dealkylation sites (N-methyl/N-ethyl adjacent to an activating group) is 1. The van der Waals surface area contributed by atoms with E-state index in [0.29, 0.717) is 18.9 Å². The van der Waals surface area contributed by atoms with Crippen molar-refractivity contribution in [3.05, 3.63) is 54.2 Å². The van der Waals surface area contributed by atoms with Crippen molar-refractivity contribution in [2.24, 2.45) is 0 Å². The fourth-order valence-electron chi connectivity index (χ4n) is 2.79. The molecule has 134 valence electrons. The number of pyridine rings is 1. The Balaban J connectivity index is 1.58. The molecule has 0 radical (unpaired) electrons. The SMILES string of the molecule is CN1CCN(S(=O)(=O)c2ccc(NCCc3ccccc3)nc2)CC1. The quantitative estimate of drug-likeness (QED) is 0.849. The minimum absolute atomic E-state index is 0.255. The molecule has 2 aromatic rings. The second-order valence-corrected chi connectivity index (χ2v) is 8.19. The highest BCUT2D eigenvalue weighted by atomic mass is 32.2. The maximum absolute atomic E-state index is 12.7. The van der Waals surface area contributed by atoms with Gasteiger partial charge in [-0.2, -0.15) is 4.31 Å². The zero-order valence-corrected chi connectivity index (χ0v) is 15.2. The van der Waals surface area contributed by atoms with Crippen LogP contribution in [-0.4, -0.2) is 62.4 Å². The summed E-state index contributed by atoms with van der Waals surface area (Å²) in [6, 6.07) is 13.6. The van der Waals surface area contributed by atoms with Crippen LogP contribution in [0, 0.1) is 0 Å². The molecule has 2 heterocycles. The number of benzene rings is 1. The second kappa shape index (κ2) is 7.95. The standard InChI is InChI=1S/C18H24N4O2S/c1-21-11-13-22(14-12-21)25(23,24)17-7-8-18(20-15-17)19-10-9-16-5-3-2-4-6-16/h2-8,15H,9-14H2,1H3,(H,19,20). The summed E-state index contributed by atoms with van der Waals surface area (Å²) in [6.45, 7) is 3.31. The summed E-state index contributed by atoms with van der Waals surface area (Å²) >= 11 is 0. The highest BCUT2D eigenvalue weighted by Crippen LogP contribution is 2.17. The van der Waals surface area contributed by atoms with Gasteiger partial charge in [0.05, 0.1) is 0 Å². The van der Waals surface area contributed by atoms with Crippen LogP contribution in [0.2, 0.25) is 0 Å². The van der Waals surface area contributed by atoms with E-state index in [1.165, 1.54) is 16.1 Å². The maximum atomic E-state index is 12.7. The lowest BCUT2D eigenvalue weighted by atomic mass is 10.1. The van der Waals surface area contributed by atoms with Crippen molar-refractivity contribution >= 4 is 15.8 Å². The van der Waals surface area contributed by atoms with Gasteiger partial charge in [0.15, 0.2) is 0 Å². The molecule has 0 aliphatic carbocycles. The monoisotopic (exact) mass is 360 g/mol. The van der Waals surface area contributed by atoms with Crippen molar-refractivity contribution in [3.63, 3.8) is 0 Å². The molecule has 1 fully saturated rings. The number of nitrogens with zero attached hydrogens (tertiary/aromatic N) is 3. The summed E-state index contributed by atoms with van der Waals surface area (Å²) in [5.74, 6) is 0.688. The van der Waals surface area contributed by atoms with E-state index in [1.807, 2.05) is 25.2 Å². The van der Waals surface area contributed by atoms with Crippen LogP contribution in [0.3, 0.4) is 0 Å². The summed E-state index contributed by atoms with van der Waals surface area (Å²) < 4.78 is 26.8. The van der Waals surface area contributed by atoms with Crippen LogP contribution in [0.5, 0.6) is 0 Å². The Hall–Kier alpha value is -1.96. The van der Waals surface area contributed by atoms with Gasteiger partial charge in [-0.25, -0.2) is 13.4 Å². The van der Waals surface area contributed by atoms with E-state index in [4.69, 9.17) is 0 Å². The molecule has 1 aromatic carbocycles. The number of hydrogen-bond donors (Lipinski definition) is 1. The van der Waals surface area contributed by atoms with Crippen LogP contribution >= 0.6 is 0 Å². The van der Waals surface area contributed by atoms with Crippen LogP contribution in [0.1, 0.15) is 5.56 Å². The van der Waals surface area contributed by atoms with E-state index in [1.54, 1.807) is 12.1 Å². The Morgan fingerprint density at radius 2 is 1.76 bits per heavy atom. The molecule has 3 rings (SSSR count). The molecule has 7 heteroatoms. The van der Waals surface area contributed by atoms with E-state index in [2.05, 4.69) is 27.3 Å². The number of rotatable bonds is 6. The number of sulfonamides is 1. The first kappa shape index (κ1) is 17.8. The van der Waals surface area contributed by atoms with Gasteiger partial charge in [0.1, 0.15) is 10.7 Å². The molecule has 0 unspecified atom stereocenters. The molecule has 0 bridgehead atoms. The normalized spacial score (nSPS) is 16.7. The average molecular weight is 360 g/mol. The Morgan fingerprint density at radius 3 is 2.40 bits per heavy atom. The van der Waals surface area contributed by atoms with E-state index in [0.717, 1.165) is 26.1 Å². The molecule has 6 nitrogen and oxygen atoms in total. The van der Waals surface area contributed by atoms with Crippen LogP contribution in [0.25, 0.3) is 0 Å². The van der Waals surface area contributed by atoms with Crippen molar-refractivity contribution in [3.8, 4) is 0 Å². The zero-order valence-electron chi connectivity index (χ0n) is 14.4. The van der Waals surface area contributed by atoms with Gasteiger partial charge in [0.25, 0.3) is 0 Å². The van der Waals surface area contributed by atoms with Gasteiger partial charge in [-0.05, 0) is 31.2 Å². The van der Waals surface area contributed by atoms with Crippen molar-refractivity contribution < 1.29 is 8.42 Å². The summed E-state index contributed by atoms with van der Waals surface area (Å²) in [7, 11) is -1.45. The molecule has 1 aliphatic heterocycles. The first-order valence-corrected chi connectivity index (χ1v) is 9.92. The zero-order chi connectivity index (χ0) is 17.7. The smallest absolute Gasteiger partial charge is 0.244 e. The number of anilines is 1. The Labute approximate surface area is 149 Å². The fraction of sp³-hybridized carbons (Fsp3) is 0.389. The average Bonchev–Trinajstić information content (AvgIpc) is 2.63. The van der Waals surface area contributed by atoms with E-state index in [-0.39, 0.29) is 4.90 Å². The summed E-state index contributed by atoms with van der Waals surface area (Å²) in [4.78, 5) is 6.64. The largest absolute Gasteiger partial charge is 0.370 e. The molecule has 0 atom stereocenters. The third-order valence-electron chi connectivity index (χ3n) is 4.40. The lowest BCUT2D eigenvalue weighted by Crippen LogP contribution is -2.47. The highest BCUT2D eigenvalue weighted by Gasteiger charge is 2.27. The minimum atomic E-state index is -3.45. The lowest BCUT2D eigenvalue weighted by Gasteiger charge is -2.31. The predicted octanol–water partition coefficient (Wildman–Crippen LogP) is 1.67. The highest BCUT2D eigenvalue weighted by molar-refractivity contribution is 7.89. The first-order chi connectivity index (χ1) is 12.1. The maximum Gasteiger partial charge on any atom is 0.244 e. The van der Waals surface area contributed by atoms with Crippen LogP contribution in [0.4, 0.5) is 5.82 Å². The van der Waals surface area contributed by atoms with E-state index >= 15 is 0 Å². The van der Waals surface area contributed by atoms with Gasteiger partial charge in [-0.15, -0.1) is 0 Å². The third-order valence-corrected chi connectivity index (χ3v) is 6.28. The Kier molecular flexibility index (Phi) is 5.67. The number of piperazine rings is 1. The van der Waals surface area contributed by atoms with Crippen molar-refractivity contribution in [2.75, 3.05) is 45.1 Å². The van der Waals surface area contributed by atoms with Gasteiger partial charge < -0.3 is 10.2 Å². The number of hydrogen-bond acceptors (Lipinski definition) is 5. The van der Waals surface area contributed by atoms with Gasteiger partial charge >= 0.3 is 0 Å². The summed E-state index contributed by atoms with van der Waals surface area (Å²) in [5, 5.41) is 3.23. The van der Waals surface area contributed by atoms with Crippen molar-refractivity contribution in [2.45, 2.75) is 11.3 Å². The molecule has 25 heavy (non-hydrogen) atoms. The summed E-state index contributed by atoms with van der Waals surface area (Å²) in [6.07, 6.45) is 2.34. The van der Waals surface area contributed by atoms with Crippen LogP contribution < -0.4 is 5.32 Å². The van der Waals surface area contributed by atoms with Gasteiger partial charge in [0.2, 0.25) is 10.0 Å². The van der Waals surface area contributed by atoms with Crippen molar-refractivity contribution in [1.29, 1.82) is 0 Å². The lowest BCUT2D eigenvalue weighted by molar-refractivity contribution is 0.222. The molecule has 1 aromatic heterocycles. The van der Waals surface area contributed by atoms with Crippen LogP contribution in [0.15, 0.2) is 53.6 Å². The van der Waals surface area contributed by atoms with Gasteiger partial charge in [-0.1, -0.05) is 30.3 Å². The van der Waals surface area contributed by atoms with E-state index in [9.17, 15) is 8.42 Å². The number of nitrogens with one attached hydrogen (secondary N) is 1. The Morgan fingerprint density at radius 1 is 1.04 bits per heavy atom. The predicted molar refractivity (Wildman–Crippen MR) is 99.1 cm³/mol. The first-order valence-electron chi connectivity index (χ1n) is 8.48. The topological polar surface area (TPSA) is 65.5 Å². The number of aromatic nitrogens is 1. The second-order valence-electron chi connectivity index (χ2n) is 6.25. The summed E-state index contributed by atoms with van der Waals surface area (Å²) in [5.41, 5.74) is 1.25. The molecular formula is C18H24N4O2S. The van der Waals surface area contributed by atoms with Gasteiger partial charge in [-0.3, -0.25) is 0 Å². The van der Waals surface area contributed by atoms with Crippen LogP contribution in [-0.2, 0) is 16.4 Å². The molecular weight excluding hydrogens is 336 g/mol.